The second-order valence-corrected chi connectivity index (χ2v) is 21.2. The van der Waals surface area contributed by atoms with Gasteiger partial charge in [0.1, 0.15) is 23.7 Å². The highest BCUT2D eigenvalue weighted by molar-refractivity contribution is 7.17. The van der Waals surface area contributed by atoms with Gasteiger partial charge in [0.15, 0.2) is 11.6 Å². The Bertz CT molecular complexity index is 3480. The summed E-state index contributed by atoms with van der Waals surface area (Å²) in [6.07, 6.45) is 7.45. The SMILES string of the molecule is CC(=O)c1ccc(-c2cc(Cl)c3c(c2)CC(CN)O3)s1.CC(=O)c1ccc(-c2cc(Cl)c3c(c2)CC(CNC(=O)/C=C/c2cc(C)n(-c4ccccc4)c2C)O3)s1.Cc1cc(/C=C/C(=O)O)c(C)n1-c1ccccc1.Cl. The number of nitrogens with two attached hydrogens (primary N) is 1. The molecular formula is C60H57Cl3N4O7S2. The van der Waals surface area contributed by atoms with Crippen molar-refractivity contribution in [2.45, 2.75) is 66.6 Å². The van der Waals surface area contributed by atoms with Crippen LogP contribution in [0.25, 0.3) is 44.4 Å². The number of thiophene rings is 2. The molecular weight excluding hydrogens is 1060 g/mol. The number of hydrogen-bond acceptors (Lipinski definition) is 9. The summed E-state index contributed by atoms with van der Waals surface area (Å²) in [4.78, 5) is 49.7. The van der Waals surface area contributed by atoms with Gasteiger partial charge in [0, 0.05) is 86.6 Å². The summed E-state index contributed by atoms with van der Waals surface area (Å²) in [7, 11) is 0. The lowest BCUT2D eigenvalue weighted by atomic mass is 10.1. The van der Waals surface area contributed by atoms with Gasteiger partial charge in [-0.2, -0.15) is 0 Å². The Balaban J connectivity index is 0.000000182. The zero-order valence-corrected chi connectivity index (χ0v) is 46.7. The molecule has 0 bridgehead atoms. The molecule has 16 heteroatoms. The number of carboxylic acid groups (broad SMARTS) is 1. The fourth-order valence-corrected chi connectivity index (χ4v) is 11.5. The summed E-state index contributed by atoms with van der Waals surface area (Å²) in [5.41, 5.74) is 18.1. The van der Waals surface area contributed by atoms with Crippen LogP contribution in [0.15, 0.2) is 133 Å². The summed E-state index contributed by atoms with van der Waals surface area (Å²) < 4.78 is 16.1. The number of aryl methyl sites for hydroxylation is 2. The van der Waals surface area contributed by atoms with Crippen LogP contribution in [0.1, 0.15) is 78.2 Å². The van der Waals surface area contributed by atoms with Crippen LogP contribution in [-0.4, -0.2) is 63.0 Å². The van der Waals surface area contributed by atoms with Gasteiger partial charge in [0.05, 0.1) is 26.3 Å². The fraction of sp³-hybridized carbons (Fsp3) is 0.200. The maximum absolute atomic E-state index is 12.6. The van der Waals surface area contributed by atoms with Crippen molar-refractivity contribution in [1.29, 1.82) is 0 Å². The van der Waals surface area contributed by atoms with Gasteiger partial charge in [0.25, 0.3) is 0 Å². The van der Waals surface area contributed by atoms with Crippen LogP contribution in [0.2, 0.25) is 10.0 Å². The van der Waals surface area contributed by atoms with Crippen molar-refractivity contribution in [2.75, 3.05) is 13.1 Å². The molecule has 0 radical (unpaired) electrons. The minimum absolute atomic E-state index is 0. The standard InChI is InChI=1S/C30H27ClN2O3S.C15H14ClNO2S.C15H15NO2.ClH/c1-18-13-21(19(2)33(18)24-7-5-4-6-8-24)9-12-29(35)32-17-25-15-23-14-22(16-26(31)30(23)36-25)28-11-10-27(37-28)20(3)34;1-8(18)13-2-3-14(20-13)9-4-10-5-11(7-17)19-15(10)12(16)6-9;1-11-10-13(8-9-15(17)18)12(2)16(11)14-6-4-3-5-7-14;/h4-14,16,25H,15,17H2,1-3H3,(H,32,35);2-4,6,11H,5,7,17H2,1H3;3-10H,1-2H3,(H,17,18);1H/b12-9+;;9-8+;. The number of aliphatic carboxylic acids is 1. The van der Waals surface area contributed by atoms with E-state index >= 15 is 0 Å². The average Bonchev–Trinajstić information content (AvgIpc) is 4.27. The number of ketones is 2. The van der Waals surface area contributed by atoms with E-state index in [0.29, 0.717) is 35.3 Å². The Kier molecular flexibility index (Phi) is 18.9. The third kappa shape index (κ3) is 13.3. The molecule has 392 valence electrons. The number of hydrogen-bond donors (Lipinski definition) is 3. The van der Waals surface area contributed by atoms with Crippen molar-refractivity contribution in [2.24, 2.45) is 5.73 Å². The fourth-order valence-electron chi connectivity index (χ4n) is 9.13. The number of carboxylic acids is 1. The van der Waals surface area contributed by atoms with E-state index in [2.05, 4.69) is 58.6 Å². The Morgan fingerprint density at radius 1 is 0.645 bits per heavy atom. The zero-order chi connectivity index (χ0) is 53.5. The van der Waals surface area contributed by atoms with Gasteiger partial charge in [-0.3, -0.25) is 14.4 Å². The number of rotatable bonds is 13. The molecule has 4 N–H and O–H groups in total. The predicted molar refractivity (Wildman–Crippen MR) is 311 cm³/mol. The molecule has 0 fully saturated rings. The Labute approximate surface area is 466 Å². The minimum Gasteiger partial charge on any atom is -0.487 e. The second kappa shape index (κ2) is 25.2. The summed E-state index contributed by atoms with van der Waals surface area (Å²) in [6.45, 7) is 12.1. The molecule has 76 heavy (non-hydrogen) atoms. The van der Waals surface area contributed by atoms with Crippen molar-refractivity contribution in [1.82, 2.24) is 14.5 Å². The van der Waals surface area contributed by atoms with Crippen LogP contribution in [0, 0.1) is 27.7 Å². The topological polar surface area (TPSA) is 155 Å². The lowest BCUT2D eigenvalue weighted by Crippen LogP contribution is -2.33. The van der Waals surface area contributed by atoms with Crippen molar-refractivity contribution < 1.29 is 33.8 Å². The maximum Gasteiger partial charge on any atom is 0.328 e. The number of amides is 1. The molecule has 1 amide bonds. The molecule has 4 aromatic carbocycles. The van der Waals surface area contributed by atoms with Crippen LogP contribution >= 0.6 is 58.3 Å². The van der Waals surface area contributed by atoms with E-state index in [1.807, 2.05) is 111 Å². The normalized spacial score (nSPS) is 14.1. The number of fused-ring (bicyclic) bond motifs is 2. The van der Waals surface area contributed by atoms with E-state index in [4.69, 9.17) is 43.5 Å². The number of aromatic nitrogens is 2. The molecule has 0 aliphatic carbocycles. The van der Waals surface area contributed by atoms with Crippen LogP contribution in [0.3, 0.4) is 0 Å². The number of ether oxygens (including phenoxy) is 2. The largest absolute Gasteiger partial charge is 0.487 e. The Morgan fingerprint density at radius 2 is 1.08 bits per heavy atom. The van der Waals surface area contributed by atoms with E-state index in [1.165, 1.54) is 22.7 Å². The quantitative estimate of drug-likeness (QED) is 0.0761. The molecule has 2 atom stereocenters. The highest BCUT2D eigenvalue weighted by atomic mass is 35.5. The van der Waals surface area contributed by atoms with E-state index in [-0.39, 0.29) is 42.1 Å². The van der Waals surface area contributed by atoms with Crippen molar-refractivity contribution in [3.05, 3.63) is 198 Å². The van der Waals surface area contributed by atoms with E-state index < -0.39 is 5.97 Å². The van der Waals surface area contributed by atoms with Crippen LogP contribution in [0.4, 0.5) is 0 Å². The van der Waals surface area contributed by atoms with Gasteiger partial charge >= 0.3 is 5.97 Å². The van der Waals surface area contributed by atoms with Crippen molar-refractivity contribution in [3.63, 3.8) is 0 Å². The van der Waals surface area contributed by atoms with Gasteiger partial charge in [0.2, 0.25) is 5.91 Å². The molecule has 4 aromatic heterocycles. The van der Waals surface area contributed by atoms with Gasteiger partial charge in [-0.1, -0.05) is 59.6 Å². The molecule has 2 unspecified atom stereocenters. The Hall–Kier alpha value is -6.97. The highest BCUT2D eigenvalue weighted by Gasteiger charge is 2.28. The monoisotopic (exact) mass is 1110 g/mol. The number of benzene rings is 4. The van der Waals surface area contributed by atoms with Crippen LogP contribution < -0.4 is 20.5 Å². The van der Waals surface area contributed by atoms with Gasteiger partial charge in [-0.05, 0) is 161 Å². The average molecular weight is 1120 g/mol. The first-order valence-corrected chi connectivity index (χ1v) is 26.6. The van der Waals surface area contributed by atoms with Crippen LogP contribution in [-0.2, 0) is 22.4 Å². The highest BCUT2D eigenvalue weighted by Crippen LogP contribution is 2.42. The van der Waals surface area contributed by atoms with Crippen molar-refractivity contribution in [3.8, 4) is 43.8 Å². The molecule has 8 aromatic rings. The number of halogens is 3. The summed E-state index contributed by atoms with van der Waals surface area (Å²) in [5.74, 6) is 0.438. The predicted octanol–water partition coefficient (Wildman–Crippen LogP) is 14.0. The molecule has 6 heterocycles. The second-order valence-electron chi connectivity index (χ2n) is 18.2. The Morgan fingerprint density at radius 3 is 1.50 bits per heavy atom. The third-order valence-electron chi connectivity index (χ3n) is 12.7. The summed E-state index contributed by atoms with van der Waals surface area (Å²) >= 11 is 15.7. The van der Waals surface area contributed by atoms with Gasteiger partial charge in [-0.15, -0.1) is 35.1 Å². The minimum atomic E-state index is -0.931. The lowest BCUT2D eigenvalue weighted by molar-refractivity contribution is -0.131. The van der Waals surface area contributed by atoms with E-state index in [0.717, 1.165) is 105 Å². The van der Waals surface area contributed by atoms with Gasteiger partial charge < -0.3 is 34.8 Å². The molecule has 0 saturated carbocycles. The molecule has 10 rings (SSSR count). The first-order chi connectivity index (χ1) is 36.0. The molecule has 0 saturated heterocycles. The number of carbonyl (C=O) groups is 4. The van der Waals surface area contributed by atoms with Crippen LogP contribution in [0.5, 0.6) is 11.5 Å². The van der Waals surface area contributed by atoms with Gasteiger partial charge in [-0.25, -0.2) is 4.79 Å². The number of nitrogens with zero attached hydrogens (tertiary/aromatic N) is 2. The summed E-state index contributed by atoms with van der Waals surface area (Å²) in [6, 6.07) is 39.7. The zero-order valence-electron chi connectivity index (χ0n) is 42.7. The maximum atomic E-state index is 12.6. The molecule has 2 aliphatic heterocycles. The third-order valence-corrected chi connectivity index (χ3v) is 15.8. The van der Waals surface area contributed by atoms with Crippen molar-refractivity contribution >= 4 is 93.9 Å². The van der Waals surface area contributed by atoms with E-state index in [1.54, 1.807) is 26.0 Å². The number of carbonyl (C=O) groups excluding carboxylic acids is 3. The number of para-hydroxylation sites is 2. The first kappa shape index (κ1) is 56.8. The van der Waals surface area contributed by atoms with E-state index in [9.17, 15) is 19.2 Å². The first-order valence-electron chi connectivity index (χ1n) is 24.2. The molecule has 0 spiro atoms. The molecule has 11 nitrogen and oxygen atoms in total. The number of nitrogens with one attached hydrogen (secondary N) is 1. The number of Topliss-reactive ketones (excluding diaryl/α,β-unsaturated/α-hetero) is 2. The smallest absolute Gasteiger partial charge is 0.328 e. The lowest BCUT2D eigenvalue weighted by Gasteiger charge is -2.11. The summed E-state index contributed by atoms with van der Waals surface area (Å²) in [5, 5.41) is 12.8. The molecule has 2 aliphatic rings.